The fraction of sp³-hybridized carbons (Fsp3) is 0.545. The lowest BCUT2D eigenvalue weighted by Gasteiger charge is -2.25. The van der Waals surface area contributed by atoms with E-state index in [9.17, 15) is 15.0 Å². The van der Waals surface area contributed by atoms with Gasteiger partial charge in [-0.3, -0.25) is 4.79 Å². The summed E-state index contributed by atoms with van der Waals surface area (Å²) in [6.07, 6.45) is 5.77. The summed E-state index contributed by atoms with van der Waals surface area (Å²) in [5.74, 6) is -0.828. The van der Waals surface area contributed by atoms with Crippen LogP contribution < -0.4 is 0 Å². The molecule has 158 valence electrons. The normalized spacial score (nSPS) is 25.2. The summed E-state index contributed by atoms with van der Waals surface area (Å²) in [5, 5.41) is 27.6. The molecular weight excluding hydrogens is 413 g/mol. The predicted molar refractivity (Wildman–Crippen MR) is 115 cm³/mol. The van der Waals surface area contributed by atoms with Gasteiger partial charge in [0.2, 0.25) is 0 Å². The molecule has 5 unspecified atom stereocenters. The Labute approximate surface area is 181 Å². The second-order valence-electron chi connectivity index (χ2n) is 7.53. The molecule has 5 nitrogen and oxygen atoms in total. The number of carboxylic acid groups (broad SMARTS) is 1. The number of benzene rings is 1. The molecule has 0 heterocycles. The van der Waals surface area contributed by atoms with E-state index in [-0.39, 0.29) is 29.0 Å². The number of alkyl halides is 2. The van der Waals surface area contributed by atoms with Crippen LogP contribution in [0.2, 0.25) is 0 Å². The molecule has 0 spiro atoms. The van der Waals surface area contributed by atoms with Gasteiger partial charge in [-0.25, -0.2) is 4.85 Å². The molecule has 1 aromatic rings. The lowest BCUT2D eigenvalue weighted by atomic mass is 9.83. The Balaban J connectivity index is 2.24. The third-order valence-electron chi connectivity index (χ3n) is 5.53. The summed E-state index contributed by atoms with van der Waals surface area (Å²) in [6, 6.07) is 3.53. The smallest absolute Gasteiger partial charge is 0.303 e. The predicted octanol–water partition coefficient (Wildman–Crippen LogP) is 5.09. The molecule has 3 N–H and O–H groups in total. The van der Waals surface area contributed by atoms with Crippen LogP contribution >= 0.6 is 23.2 Å². The number of aliphatic hydroxyl groups excluding tert-OH is 2. The van der Waals surface area contributed by atoms with Crippen molar-refractivity contribution in [3.05, 3.63) is 52.4 Å². The molecule has 1 saturated carbocycles. The number of halogens is 2. The zero-order chi connectivity index (χ0) is 21.6. The highest BCUT2D eigenvalue weighted by Gasteiger charge is 2.42. The number of aliphatic hydroxyl groups is 2. The highest BCUT2D eigenvalue weighted by atomic mass is 35.5. The monoisotopic (exact) mass is 439 g/mol. The number of nitrogens with zero attached hydrogens (tertiary/aromatic N) is 1. The zero-order valence-electron chi connectivity index (χ0n) is 16.4. The molecule has 1 aromatic carbocycles. The number of carbonyl (C=O) groups is 1. The van der Waals surface area contributed by atoms with Crippen LogP contribution in [0, 0.1) is 19.4 Å². The number of allylic oxidation sites excluding steroid dienone is 2. The van der Waals surface area contributed by atoms with E-state index in [1.807, 2.05) is 25.1 Å². The Hall–Kier alpha value is -1.58. The number of aryl methyl sites for hydroxylation is 1. The first-order chi connectivity index (χ1) is 13.8. The van der Waals surface area contributed by atoms with E-state index in [0.29, 0.717) is 36.9 Å². The second-order valence-corrected chi connectivity index (χ2v) is 8.65. The highest BCUT2D eigenvalue weighted by molar-refractivity contribution is 6.25. The molecule has 29 heavy (non-hydrogen) atoms. The van der Waals surface area contributed by atoms with Gasteiger partial charge in [0, 0.05) is 17.2 Å². The third kappa shape index (κ3) is 5.96. The van der Waals surface area contributed by atoms with Crippen molar-refractivity contribution in [2.45, 2.75) is 61.8 Å². The van der Waals surface area contributed by atoms with E-state index in [0.717, 1.165) is 11.1 Å². The fourth-order valence-corrected chi connectivity index (χ4v) is 5.11. The highest BCUT2D eigenvalue weighted by Crippen LogP contribution is 2.50. The van der Waals surface area contributed by atoms with E-state index in [2.05, 4.69) is 4.85 Å². The van der Waals surface area contributed by atoms with E-state index in [4.69, 9.17) is 34.9 Å². The van der Waals surface area contributed by atoms with Crippen LogP contribution in [0.4, 0.5) is 5.69 Å². The Morgan fingerprint density at radius 2 is 2.07 bits per heavy atom. The maximum absolute atomic E-state index is 10.6. The van der Waals surface area contributed by atoms with Gasteiger partial charge >= 0.3 is 5.97 Å². The van der Waals surface area contributed by atoms with E-state index in [1.165, 1.54) is 0 Å². The van der Waals surface area contributed by atoms with Crippen LogP contribution in [0.25, 0.3) is 4.85 Å². The summed E-state index contributed by atoms with van der Waals surface area (Å²) in [6.45, 7) is 9.03. The SMILES string of the molecule is [C-]#[N+]c1cc(C(O)CO)c(C)cc1C1C(Cl)CC(Cl)C1C/C=C\CCCC(=O)O. The molecule has 0 saturated heterocycles. The van der Waals surface area contributed by atoms with Gasteiger partial charge in [0.05, 0.1) is 13.2 Å². The summed E-state index contributed by atoms with van der Waals surface area (Å²) < 4.78 is 0. The quantitative estimate of drug-likeness (QED) is 0.216. The maximum Gasteiger partial charge on any atom is 0.303 e. The molecule has 0 amide bonds. The number of hydrogen-bond acceptors (Lipinski definition) is 3. The molecule has 0 radical (unpaired) electrons. The number of aliphatic carboxylic acids is 1. The molecule has 0 bridgehead atoms. The summed E-state index contributed by atoms with van der Waals surface area (Å²) >= 11 is 13.2. The minimum Gasteiger partial charge on any atom is -0.481 e. The molecule has 0 aromatic heterocycles. The lowest BCUT2D eigenvalue weighted by molar-refractivity contribution is -0.137. The van der Waals surface area contributed by atoms with Gasteiger partial charge in [-0.1, -0.05) is 24.3 Å². The van der Waals surface area contributed by atoms with Gasteiger partial charge in [0.15, 0.2) is 5.69 Å². The van der Waals surface area contributed by atoms with Crippen LogP contribution in [0.15, 0.2) is 24.3 Å². The van der Waals surface area contributed by atoms with Crippen LogP contribution in [0.3, 0.4) is 0 Å². The molecule has 5 atom stereocenters. The van der Waals surface area contributed by atoms with Crippen LogP contribution in [-0.4, -0.2) is 38.6 Å². The van der Waals surface area contributed by atoms with Crippen molar-refractivity contribution in [1.29, 1.82) is 0 Å². The number of carboxylic acids is 1. The summed E-state index contributed by atoms with van der Waals surface area (Å²) in [7, 11) is 0. The van der Waals surface area contributed by atoms with Gasteiger partial charge in [-0.05, 0) is 61.1 Å². The van der Waals surface area contributed by atoms with Gasteiger partial charge < -0.3 is 15.3 Å². The Bertz CT molecular complexity index is 790. The third-order valence-corrected chi connectivity index (χ3v) is 6.48. The van der Waals surface area contributed by atoms with Crippen molar-refractivity contribution in [2.75, 3.05) is 6.61 Å². The van der Waals surface area contributed by atoms with Crippen LogP contribution in [0.1, 0.15) is 60.8 Å². The number of hydrogen-bond donors (Lipinski definition) is 3. The lowest BCUT2D eigenvalue weighted by Crippen LogP contribution is -2.17. The van der Waals surface area contributed by atoms with Crippen LogP contribution in [0.5, 0.6) is 0 Å². The minimum absolute atomic E-state index is 0.0587. The molecule has 0 aliphatic heterocycles. The first kappa shape index (κ1) is 23.7. The van der Waals surface area contributed by atoms with Crippen molar-refractivity contribution in [1.82, 2.24) is 0 Å². The standard InChI is InChI=1S/C22H27Cl2NO4/c1-13-9-16(19(25-2)10-15(13)20(27)12-26)22-14(17(23)11-18(22)24)7-5-3-4-6-8-21(28)29/h3,5,9-10,14,17-18,20,22,26-27H,4,6-8,11-12H2,1H3,(H,28,29)/b5-3-. The van der Waals surface area contributed by atoms with Crippen molar-refractivity contribution < 1.29 is 20.1 Å². The van der Waals surface area contributed by atoms with E-state index < -0.39 is 18.7 Å². The maximum atomic E-state index is 10.6. The molecular formula is C22H27Cl2NO4. The Morgan fingerprint density at radius 1 is 1.34 bits per heavy atom. The van der Waals surface area contributed by atoms with E-state index >= 15 is 0 Å². The fourth-order valence-electron chi connectivity index (χ4n) is 4.05. The van der Waals surface area contributed by atoms with Gasteiger partial charge in [-0.15, -0.1) is 23.2 Å². The summed E-state index contributed by atoms with van der Waals surface area (Å²) in [5.41, 5.74) is 2.61. The van der Waals surface area contributed by atoms with Crippen molar-refractivity contribution in [3.8, 4) is 0 Å². The van der Waals surface area contributed by atoms with Gasteiger partial charge in [0.1, 0.15) is 6.10 Å². The van der Waals surface area contributed by atoms with Crippen molar-refractivity contribution >= 4 is 34.9 Å². The summed E-state index contributed by atoms with van der Waals surface area (Å²) in [4.78, 5) is 14.2. The molecule has 1 aliphatic rings. The number of unbranched alkanes of at least 4 members (excludes halogenated alkanes) is 1. The van der Waals surface area contributed by atoms with E-state index in [1.54, 1.807) is 6.07 Å². The molecule has 1 aliphatic carbocycles. The Kier molecular flexibility index (Phi) is 8.98. The van der Waals surface area contributed by atoms with Crippen molar-refractivity contribution in [3.63, 3.8) is 0 Å². The second kappa shape index (κ2) is 11.0. The Morgan fingerprint density at radius 3 is 2.69 bits per heavy atom. The molecule has 7 heteroatoms. The molecule has 2 rings (SSSR count). The average Bonchev–Trinajstić information content (AvgIpc) is 2.96. The largest absolute Gasteiger partial charge is 0.481 e. The average molecular weight is 440 g/mol. The molecule has 1 fully saturated rings. The van der Waals surface area contributed by atoms with Crippen LogP contribution in [-0.2, 0) is 4.79 Å². The topological polar surface area (TPSA) is 82.1 Å². The minimum atomic E-state index is -1.02. The van der Waals surface area contributed by atoms with Gasteiger partial charge in [0.25, 0.3) is 0 Å². The first-order valence-electron chi connectivity index (χ1n) is 9.75. The number of rotatable bonds is 9. The first-order valence-corrected chi connectivity index (χ1v) is 10.6. The van der Waals surface area contributed by atoms with Crippen molar-refractivity contribution in [2.24, 2.45) is 5.92 Å². The zero-order valence-corrected chi connectivity index (χ0v) is 17.9. The van der Waals surface area contributed by atoms with Gasteiger partial charge in [-0.2, -0.15) is 0 Å².